The van der Waals surface area contributed by atoms with E-state index in [1.54, 1.807) is 36.2 Å². The first-order chi connectivity index (χ1) is 11.2. The molecule has 5 heteroatoms. The maximum absolute atomic E-state index is 12.8. The van der Waals surface area contributed by atoms with Crippen LogP contribution in [-0.2, 0) is 0 Å². The lowest BCUT2D eigenvalue weighted by Gasteiger charge is -2.34. The number of rotatable bonds is 3. The second-order valence-electron chi connectivity index (χ2n) is 7.85. The molecule has 1 aliphatic rings. The molecule has 2 rings (SSSR count). The summed E-state index contributed by atoms with van der Waals surface area (Å²) in [6.45, 7) is 11.3. The number of nitrogens with zero attached hydrogens (tertiary/aromatic N) is 2. The second kappa shape index (κ2) is 7.34. The van der Waals surface area contributed by atoms with Crippen LogP contribution in [0.2, 0.25) is 0 Å². The van der Waals surface area contributed by atoms with Crippen molar-refractivity contribution in [2.45, 2.75) is 33.7 Å². The van der Waals surface area contributed by atoms with Gasteiger partial charge in [0.2, 0.25) is 0 Å². The maximum Gasteiger partial charge on any atom is 0.254 e. The number of amides is 2. The molecule has 132 valence electrons. The van der Waals surface area contributed by atoms with Crippen molar-refractivity contribution in [3.63, 3.8) is 0 Å². The van der Waals surface area contributed by atoms with Crippen LogP contribution in [0.4, 0.5) is 0 Å². The third-order valence-corrected chi connectivity index (χ3v) is 4.18. The second-order valence-corrected chi connectivity index (χ2v) is 7.85. The van der Waals surface area contributed by atoms with Crippen molar-refractivity contribution < 1.29 is 9.59 Å². The Balaban J connectivity index is 2.16. The largest absolute Gasteiger partial charge is 0.341 e. The molecular weight excluding hydrogens is 302 g/mol. The van der Waals surface area contributed by atoms with Crippen molar-refractivity contribution in [1.29, 1.82) is 0 Å². The third-order valence-electron chi connectivity index (χ3n) is 4.18. The van der Waals surface area contributed by atoms with Gasteiger partial charge in [-0.15, -0.1) is 0 Å². The molecule has 1 aromatic rings. The highest BCUT2D eigenvalue weighted by molar-refractivity contribution is 5.99. The van der Waals surface area contributed by atoms with E-state index in [2.05, 4.69) is 26.1 Å². The summed E-state index contributed by atoms with van der Waals surface area (Å²) in [5, 5.41) is 3.28. The minimum atomic E-state index is -0.0482. The summed E-state index contributed by atoms with van der Waals surface area (Å²) < 4.78 is 0. The van der Waals surface area contributed by atoms with Crippen LogP contribution in [0.1, 0.15) is 48.4 Å². The van der Waals surface area contributed by atoms with Crippen molar-refractivity contribution in [2.75, 3.05) is 33.2 Å². The van der Waals surface area contributed by atoms with Gasteiger partial charge < -0.3 is 15.1 Å². The standard InChI is InChI=1S/C19H29N3O2/c1-14-12-20-9-10-22(14)18(24)16-8-6-7-15(11-16)17(23)21(5)13-19(2,3)4/h6-8,11,14,20H,9-10,12-13H2,1-5H3/t14-/m1/s1. The van der Waals surface area contributed by atoms with Crippen molar-refractivity contribution in [3.8, 4) is 0 Å². The molecule has 1 aliphatic heterocycles. The molecule has 0 spiro atoms. The smallest absolute Gasteiger partial charge is 0.254 e. The van der Waals surface area contributed by atoms with E-state index in [0.29, 0.717) is 24.2 Å². The van der Waals surface area contributed by atoms with E-state index < -0.39 is 0 Å². The fraction of sp³-hybridized carbons (Fsp3) is 0.579. The average molecular weight is 331 g/mol. The third kappa shape index (κ3) is 4.57. The minimum Gasteiger partial charge on any atom is -0.341 e. The van der Waals surface area contributed by atoms with Crippen LogP contribution < -0.4 is 5.32 Å². The summed E-state index contributed by atoms with van der Waals surface area (Å²) in [7, 11) is 1.81. The Bertz CT molecular complexity index is 607. The summed E-state index contributed by atoms with van der Waals surface area (Å²) in [4.78, 5) is 29.0. The molecular formula is C19H29N3O2. The molecule has 1 aromatic carbocycles. The topological polar surface area (TPSA) is 52.7 Å². The van der Waals surface area contributed by atoms with Crippen LogP contribution in [0.25, 0.3) is 0 Å². The van der Waals surface area contributed by atoms with Crippen LogP contribution >= 0.6 is 0 Å². The van der Waals surface area contributed by atoms with E-state index in [9.17, 15) is 9.59 Å². The van der Waals surface area contributed by atoms with E-state index in [-0.39, 0.29) is 23.3 Å². The number of hydrogen-bond donors (Lipinski definition) is 1. The number of piperazine rings is 1. The number of nitrogens with one attached hydrogen (secondary N) is 1. The highest BCUT2D eigenvalue weighted by atomic mass is 16.2. The van der Waals surface area contributed by atoms with Crippen molar-refractivity contribution in [2.24, 2.45) is 5.41 Å². The van der Waals surface area contributed by atoms with Crippen LogP contribution in [0.15, 0.2) is 24.3 Å². The zero-order valence-electron chi connectivity index (χ0n) is 15.4. The van der Waals surface area contributed by atoms with Gasteiger partial charge in [0.15, 0.2) is 0 Å². The first kappa shape index (κ1) is 18.5. The lowest BCUT2D eigenvalue weighted by atomic mass is 9.96. The molecule has 5 nitrogen and oxygen atoms in total. The zero-order chi connectivity index (χ0) is 17.9. The number of benzene rings is 1. The Morgan fingerprint density at radius 2 is 1.96 bits per heavy atom. The number of carbonyl (C=O) groups excluding carboxylic acids is 2. The highest BCUT2D eigenvalue weighted by Gasteiger charge is 2.25. The van der Waals surface area contributed by atoms with E-state index in [1.165, 1.54) is 0 Å². The Labute approximate surface area is 145 Å². The Morgan fingerprint density at radius 3 is 2.58 bits per heavy atom. The summed E-state index contributed by atoms with van der Waals surface area (Å²) in [6.07, 6.45) is 0. The molecule has 1 saturated heterocycles. The lowest BCUT2D eigenvalue weighted by molar-refractivity contribution is 0.0655. The number of carbonyl (C=O) groups is 2. The van der Waals surface area contributed by atoms with E-state index in [1.807, 2.05) is 11.8 Å². The molecule has 1 heterocycles. The quantitative estimate of drug-likeness (QED) is 0.924. The first-order valence-electron chi connectivity index (χ1n) is 8.56. The van der Waals surface area contributed by atoms with Crippen molar-refractivity contribution in [1.82, 2.24) is 15.1 Å². The van der Waals surface area contributed by atoms with Gasteiger partial charge in [0, 0.05) is 50.4 Å². The molecule has 1 atom stereocenters. The maximum atomic E-state index is 12.8. The molecule has 0 bridgehead atoms. The normalized spacial score (nSPS) is 18.4. The molecule has 0 aliphatic carbocycles. The van der Waals surface area contributed by atoms with Crippen LogP contribution in [0, 0.1) is 5.41 Å². The molecule has 0 unspecified atom stereocenters. The summed E-state index contributed by atoms with van der Waals surface area (Å²) in [5.41, 5.74) is 1.18. The fourth-order valence-electron chi connectivity index (χ4n) is 3.10. The Hall–Kier alpha value is -1.88. The fourth-order valence-corrected chi connectivity index (χ4v) is 3.10. The zero-order valence-corrected chi connectivity index (χ0v) is 15.4. The van der Waals surface area contributed by atoms with Gasteiger partial charge in [-0.3, -0.25) is 9.59 Å². The number of hydrogen-bond acceptors (Lipinski definition) is 3. The molecule has 1 N–H and O–H groups in total. The molecule has 24 heavy (non-hydrogen) atoms. The summed E-state index contributed by atoms with van der Waals surface area (Å²) in [6, 6.07) is 7.24. The van der Waals surface area contributed by atoms with Crippen LogP contribution in [0.3, 0.4) is 0 Å². The Morgan fingerprint density at radius 1 is 1.29 bits per heavy atom. The van der Waals surface area contributed by atoms with Gasteiger partial charge in [0.25, 0.3) is 11.8 Å². The molecule has 0 saturated carbocycles. The molecule has 2 amide bonds. The van der Waals surface area contributed by atoms with Gasteiger partial charge in [-0.2, -0.15) is 0 Å². The SMILES string of the molecule is C[C@@H]1CNCCN1C(=O)c1cccc(C(=O)N(C)CC(C)(C)C)c1. The van der Waals surface area contributed by atoms with Gasteiger partial charge in [-0.1, -0.05) is 26.8 Å². The van der Waals surface area contributed by atoms with Crippen molar-refractivity contribution >= 4 is 11.8 Å². The van der Waals surface area contributed by atoms with Gasteiger partial charge in [0.05, 0.1) is 0 Å². The van der Waals surface area contributed by atoms with Gasteiger partial charge in [-0.25, -0.2) is 0 Å². The van der Waals surface area contributed by atoms with Gasteiger partial charge in [-0.05, 0) is 30.5 Å². The predicted molar refractivity (Wildman–Crippen MR) is 96.2 cm³/mol. The van der Waals surface area contributed by atoms with E-state index in [4.69, 9.17) is 0 Å². The monoisotopic (exact) mass is 331 g/mol. The van der Waals surface area contributed by atoms with Crippen LogP contribution in [-0.4, -0.2) is 60.9 Å². The average Bonchev–Trinajstić information content (AvgIpc) is 2.52. The van der Waals surface area contributed by atoms with E-state index in [0.717, 1.165) is 13.1 Å². The van der Waals surface area contributed by atoms with Gasteiger partial charge >= 0.3 is 0 Å². The lowest BCUT2D eigenvalue weighted by Crippen LogP contribution is -2.52. The van der Waals surface area contributed by atoms with Crippen LogP contribution in [0.5, 0.6) is 0 Å². The van der Waals surface area contributed by atoms with Crippen molar-refractivity contribution in [3.05, 3.63) is 35.4 Å². The summed E-state index contributed by atoms with van der Waals surface area (Å²) >= 11 is 0. The molecule has 0 aromatic heterocycles. The first-order valence-corrected chi connectivity index (χ1v) is 8.56. The van der Waals surface area contributed by atoms with Gasteiger partial charge in [0.1, 0.15) is 0 Å². The Kier molecular flexibility index (Phi) is 5.65. The minimum absolute atomic E-state index is 0.00266. The summed E-state index contributed by atoms with van der Waals surface area (Å²) in [5.74, 6) is -0.0509. The van der Waals surface area contributed by atoms with E-state index >= 15 is 0 Å². The highest BCUT2D eigenvalue weighted by Crippen LogP contribution is 2.17. The predicted octanol–water partition coefficient (Wildman–Crippen LogP) is 2.24. The molecule has 0 radical (unpaired) electrons. The molecule has 1 fully saturated rings.